The van der Waals surface area contributed by atoms with E-state index in [1.807, 2.05) is 27.7 Å². The van der Waals surface area contributed by atoms with Gasteiger partial charge in [0.15, 0.2) is 0 Å². The molecule has 2 N–H and O–H groups in total. The quantitative estimate of drug-likeness (QED) is 0.737. The molecule has 0 aromatic rings. The summed E-state index contributed by atoms with van der Waals surface area (Å²) in [6.07, 6.45) is 1.04. The first-order valence-corrected chi connectivity index (χ1v) is 5.98. The van der Waals surface area contributed by atoms with Gasteiger partial charge in [-0.1, -0.05) is 27.7 Å². The van der Waals surface area contributed by atoms with Gasteiger partial charge in [0, 0.05) is 0 Å². The molecule has 0 saturated heterocycles. The van der Waals surface area contributed by atoms with Crippen LogP contribution in [0.3, 0.4) is 0 Å². The van der Waals surface area contributed by atoms with E-state index in [9.17, 15) is 15.0 Å². The van der Waals surface area contributed by atoms with Crippen LogP contribution in [0.25, 0.3) is 0 Å². The largest absolute Gasteiger partial charge is 0.481 e. The van der Waals surface area contributed by atoms with E-state index in [1.165, 1.54) is 0 Å². The molecule has 0 radical (unpaired) electrons. The standard InChI is InChI=1S/C13H26O3/c1-9(2)7-13(16,8-10(3)4)12(5,6)11(14)15/h9-10,16H,7-8H2,1-6H3,(H,14,15). The number of hydrogen-bond acceptors (Lipinski definition) is 2. The zero-order chi connectivity index (χ0) is 13.1. The lowest BCUT2D eigenvalue weighted by Crippen LogP contribution is -2.51. The van der Waals surface area contributed by atoms with Crippen molar-refractivity contribution < 1.29 is 15.0 Å². The average molecular weight is 230 g/mol. The fourth-order valence-electron chi connectivity index (χ4n) is 2.14. The number of aliphatic hydroxyl groups is 1. The summed E-state index contributed by atoms with van der Waals surface area (Å²) in [5.41, 5.74) is -2.25. The second kappa shape index (κ2) is 5.17. The molecule has 0 rings (SSSR count). The van der Waals surface area contributed by atoms with Crippen LogP contribution in [0.15, 0.2) is 0 Å². The number of aliphatic carboxylic acids is 1. The Hall–Kier alpha value is -0.570. The molecule has 0 saturated carbocycles. The molecule has 0 heterocycles. The Balaban J connectivity index is 5.13. The van der Waals surface area contributed by atoms with Crippen LogP contribution in [0.5, 0.6) is 0 Å². The Labute approximate surface area is 98.9 Å². The second-order valence-corrected chi connectivity index (χ2v) is 6.16. The third kappa shape index (κ3) is 3.48. The first-order valence-electron chi connectivity index (χ1n) is 5.98. The maximum Gasteiger partial charge on any atom is 0.312 e. The molecule has 0 spiro atoms. The first kappa shape index (κ1) is 15.4. The lowest BCUT2D eigenvalue weighted by molar-refractivity contribution is -0.169. The fraction of sp³-hybridized carbons (Fsp3) is 0.923. The van der Waals surface area contributed by atoms with Gasteiger partial charge in [-0.05, 0) is 38.5 Å². The number of carboxylic acids is 1. The highest BCUT2D eigenvalue weighted by Crippen LogP contribution is 2.40. The third-order valence-corrected chi connectivity index (χ3v) is 3.19. The van der Waals surface area contributed by atoms with Gasteiger partial charge in [-0.15, -0.1) is 0 Å². The molecule has 3 heteroatoms. The van der Waals surface area contributed by atoms with Crippen molar-refractivity contribution in [3.8, 4) is 0 Å². The van der Waals surface area contributed by atoms with E-state index in [-0.39, 0.29) is 11.8 Å². The molecule has 0 atom stereocenters. The summed E-state index contributed by atoms with van der Waals surface area (Å²) in [6.45, 7) is 11.2. The maximum absolute atomic E-state index is 11.3. The van der Waals surface area contributed by atoms with Gasteiger partial charge >= 0.3 is 5.97 Å². The summed E-state index contributed by atoms with van der Waals surface area (Å²) < 4.78 is 0. The van der Waals surface area contributed by atoms with E-state index >= 15 is 0 Å². The zero-order valence-corrected chi connectivity index (χ0v) is 11.4. The van der Waals surface area contributed by atoms with E-state index in [2.05, 4.69) is 0 Å². The van der Waals surface area contributed by atoms with Gasteiger partial charge in [-0.3, -0.25) is 4.79 Å². The Morgan fingerprint density at radius 2 is 1.38 bits per heavy atom. The van der Waals surface area contributed by atoms with Gasteiger partial charge in [-0.2, -0.15) is 0 Å². The van der Waals surface area contributed by atoms with Gasteiger partial charge < -0.3 is 10.2 Å². The fourth-order valence-corrected chi connectivity index (χ4v) is 2.14. The number of rotatable bonds is 6. The molecule has 0 bridgehead atoms. The Bertz CT molecular complexity index is 232. The highest BCUT2D eigenvalue weighted by atomic mass is 16.4. The summed E-state index contributed by atoms with van der Waals surface area (Å²) in [5, 5.41) is 19.9. The Morgan fingerprint density at radius 3 is 1.56 bits per heavy atom. The summed E-state index contributed by atoms with van der Waals surface area (Å²) in [5.74, 6) is -0.374. The van der Waals surface area contributed by atoms with Crippen molar-refractivity contribution in [2.75, 3.05) is 0 Å². The monoisotopic (exact) mass is 230 g/mol. The van der Waals surface area contributed by atoms with E-state index < -0.39 is 17.0 Å². The van der Waals surface area contributed by atoms with E-state index in [0.717, 1.165) is 0 Å². The summed E-state index contributed by atoms with van der Waals surface area (Å²) >= 11 is 0. The van der Waals surface area contributed by atoms with Crippen molar-refractivity contribution in [2.45, 2.75) is 60.0 Å². The molecule has 0 aromatic carbocycles. The summed E-state index contributed by atoms with van der Waals surface area (Å²) in [6, 6.07) is 0. The molecule has 0 aliphatic rings. The van der Waals surface area contributed by atoms with Gasteiger partial charge in [0.05, 0.1) is 11.0 Å². The highest BCUT2D eigenvalue weighted by Gasteiger charge is 2.49. The van der Waals surface area contributed by atoms with E-state index in [4.69, 9.17) is 0 Å². The summed E-state index contributed by atoms with van der Waals surface area (Å²) in [4.78, 5) is 11.3. The van der Waals surface area contributed by atoms with Crippen molar-refractivity contribution in [3.63, 3.8) is 0 Å². The molecule has 16 heavy (non-hydrogen) atoms. The number of hydrogen-bond donors (Lipinski definition) is 2. The van der Waals surface area contributed by atoms with Crippen LogP contribution in [0.2, 0.25) is 0 Å². The lowest BCUT2D eigenvalue weighted by Gasteiger charge is -2.42. The van der Waals surface area contributed by atoms with Crippen LogP contribution in [0.4, 0.5) is 0 Å². The molecule has 0 amide bonds. The van der Waals surface area contributed by atoms with Crippen LogP contribution in [-0.4, -0.2) is 21.8 Å². The minimum Gasteiger partial charge on any atom is -0.481 e. The topological polar surface area (TPSA) is 57.5 Å². The van der Waals surface area contributed by atoms with Gasteiger partial charge in [-0.25, -0.2) is 0 Å². The van der Waals surface area contributed by atoms with Crippen molar-refractivity contribution >= 4 is 5.97 Å². The van der Waals surface area contributed by atoms with E-state index in [0.29, 0.717) is 12.8 Å². The molecule has 0 aromatic heterocycles. The first-order chi connectivity index (χ1) is 7.03. The predicted molar refractivity (Wildman–Crippen MR) is 65.3 cm³/mol. The van der Waals surface area contributed by atoms with Gasteiger partial charge in [0.2, 0.25) is 0 Å². The van der Waals surface area contributed by atoms with Crippen molar-refractivity contribution in [1.82, 2.24) is 0 Å². The Kier molecular flexibility index (Phi) is 4.99. The van der Waals surface area contributed by atoms with Crippen molar-refractivity contribution in [1.29, 1.82) is 0 Å². The highest BCUT2D eigenvalue weighted by molar-refractivity contribution is 5.75. The number of carboxylic acid groups (broad SMARTS) is 1. The predicted octanol–water partition coefficient (Wildman–Crippen LogP) is 2.92. The van der Waals surface area contributed by atoms with Gasteiger partial charge in [0.25, 0.3) is 0 Å². The minimum absolute atomic E-state index is 0.280. The van der Waals surface area contributed by atoms with Crippen molar-refractivity contribution in [3.05, 3.63) is 0 Å². The molecule has 3 nitrogen and oxygen atoms in total. The molecular formula is C13H26O3. The molecule has 0 fully saturated rings. The minimum atomic E-state index is -1.14. The average Bonchev–Trinajstić information content (AvgIpc) is 1.99. The molecule has 0 aliphatic carbocycles. The third-order valence-electron chi connectivity index (χ3n) is 3.19. The van der Waals surface area contributed by atoms with E-state index in [1.54, 1.807) is 13.8 Å². The number of carbonyl (C=O) groups is 1. The zero-order valence-electron chi connectivity index (χ0n) is 11.4. The Morgan fingerprint density at radius 1 is 1.06 bits per heavy atom. The molecular weight excluding hydrogens is 204 g/mol. The van der Waals surface area contributed by atoms with Crippen LogP contribution in [-0.2, 0) is 4.79 Å². The van der Waals surface area contributed by atoms with Crippen molar-refractivity contribution in [2.24, 2.45) is 17.3 Å². The summed E-state index contributed by atoms with van der Waals surface area (Å²) in [7, 11) is 0. The normalized spacial score (nSPS) is 13.6. The maximum atomic E-state index is 11.3. The SMILES string of the molecule is CC(C)CC(O)(CC(C)C)C(C)(C)C(=O)O. The van der Waals surface area contributed by atoms with Crippen LogP contribution < -0.4 is 0 Å². The van der Waals surface area contributed by atoms with Crippen LogP contribution in [0.1, 0.15) is 54.4 Å². The molecule has 0 aliphatic heterocycles. The molecule has 0 unspecified atom stereocenters. The van der Waals surface area contributed by atoms with Crippen LogP contribution in [0, 0.1) is 17.3 Å². The smallest absolute Gasteiger partial charge is 0.312 e. The van der Waals surface area contributed by atoms with Crippen LogP contribution >= 0.6 is 0 Å². The molecule has 96 valence electrons. The van der Waals surface area contributed by atoms with Gasteiger partial charge in [0.1, 0.15) is 0 Å². The lowest BCUT2D eigenvalue weighted by atomic mass is 9.67. The second-order valence-electron chi connectivity index (χ2n) is 6.16.